The first kappa shape index (κ1) is 7.98. The van der Waals surface area contributed by atoms with E-state index in [1.807, 2.05) is 0 Å². The molecule has 0 amide bonds. The van der Waals surface area contributed by atoms with E-state index in [0.29, 0.717) is 0 Å². The van der Waals surface area contributed by atoms with Gasteiger partial charge in [-0.25, -0.2) is 4.68 Å². The maximum atomic E-state index is 5.29. The van der Waals surface area contributed by atoms with Crippen molar-refractivity contribution in [1.29, 1.82) is 0 Å². The van der Waals surface area contributed by atoms with Crippen LogP contribution in [0.2, 0.25) is 0 Å². The Morgan fingerprint density at radius 1 is 1.17 bits per heavy atom. The van der Waals surface area contributed by atoms with Gasteiger partial charge in [-0.1, -0.05) is 0 Å². The largest absolute Gasteiger partial charge is 0.370 e. The normalized spacial score (nSPS) is 11.2. The Morgan fingerprint density at radius 2 is 1.75 bits per heavy atom. The van der Waals surface area contributed by atoms with E-state index in [0.717, 1.165) is 0 Å². The molecular weight excluding hydrogens is 160 g/mol. The van der Waals surface area contributed by atoms with E-state index >= 15 is 0 Å². The SMILES string of the molecule is NC(N)=N/C(N)=N\n1cnnc1. The Kier molecular flexibility index (Phi) is 2.21. The van der Waals surface area contributed by atoms with Gasteiger partial charge in [0.1, 0.15) is 12.7 Å². The highest BCUT2D eigenvalue weighted by molar-refractivity contribution is 5.92. The highest BCUT2D eigenvalue weighted by Gasteiger charge is 1.89. The quantitative estimate of drug-likeness (QED) is 0.318. The van der Waals surface area contributed by atoms with E-state index < -0.39 is 0 Å². The van der Waals surface area contributed by atoms with Crippen molar-refractivity contribution in [2.75, 3.05) is 0 Å². The summed E-state index contributed by atoms with van der Waals surface area (Å²) in [4.78, 5) is 3.48. The van der Waals surface area contributed by atoms with Crippen LogP contribution in [0.25, 0.3) is 0 Å². The molecule has 0 aliphatic rings. The highest BCUT2D eigenvalue weighted by atomic mass is 15.4. The van der Waals surface area contributed by atoms with Gasteiger partial charge in [-0.3, -0.25) is 0 Å². The Hall–Kier alpha value is -2.12. The zero-order valence-corrected chi connectivity index (χ0v) is 6.12. The summed E-state index contributed by atoms with van der Waals surface area (Å²) in [6.45, 7) is 0. The molecule has 0 spiro atoms. The van der Waals surface area contributed by atoms with Crippen molar-refractivity contribution < 1.29 is 0 Å². The van der Waals surface area contributed by atoms with E-state index in [1.54, 1.807) is 0 Å². The monoisotopic (exact) mass is 168 g/mol. The van der Waals surface area contributed by atoms with Crippen LogP contribution in [-0.4, -0.2) is 26.8 Å². The molecule has 1 rings (SSSR count). The summed E-state index contributed by atoms with van der Waals surface area (Å²) in [5.74, 6) is -0.209. The third-order valence-electron chi connectivity index (χ3n) is 0.868. The molecule has 8 heteroatoms. The van der Waals surface area contributed by atoms with Gasteiger partial charge in [-0.2, -0.15) is 4.99 Å². The van der Waals surface area contributed by atoms with Crippen molar-refractivity contribution in [2.45, 2.75) is 0 Å². The maximum Gasteiger partial charge on any atom is 0.241 e. The fraction of sp³-hybridized carbons (Fsp3) is 0. The van der Waals surface area contributed by atoms with Crippen LogP contribution in [0.1, 0.15) is 0 Å². The lowest BCUT2D eigenvalue weighted by molar-refractivity contribution is 0.865. The molecular formula is C4H8N8. The van der Waals surface area contributed by atoms with Crippen LogP contribution in [-0.2, 0) is 0 Å². The Bertz CT molecular complexity index is 291. The number of hydrogen-bond donors (Lipinski definition) is 3. The van der Waals surface area contributed by atoms with Gasteiger partial charge in [-0.05, 0) is 0 Å². The summed E-state index contributed by atoms with van der Waals surface area (Å²) in [6.07, 6.45) is 2.71. The Balaban J connectivity index is 2.77. The van der Waals surface area contributed by atoms with Crippen LogP contribution in [0.3, 0.4) is 0 Å². The standard InChI is InChI=1S/C4H8N8/c5-3(6)10-4(7)11-12-1-8-9-2-12/h1-2H,(H6,5,6,7,10,11). The minimum atomic E-state index is -0.149. The minimum absolute atomic E-state index is 0.0604. The van der Waals surface area contributed by atoms with Crippen molar-refractivity contribution >= 4 is 11.9 Å². The zero-order chi connectivity index (χ0) is 8.97. The second kappa shape index (κ2) is 3.32. The molecule has 0 saturated carbocycles. The second-order valence-corrected chi connectivity index (χ2v) is 1.84. The number of guanidine groups is 2. The minimum Gasteiger partial charge on any atom is -0.370 e. The molecule has 0 bridgehead atoms. The van der Waals surface area contributed by atoms with Crippen molar-refractivity contribution in [3.05, 3.63) is 12.7 Å². The van der Waals surface area contributed by atoms with Crippen LogP contribution in [0.5, 0.6) is 0 Å². The average molecular weight is 168 g/mol. The second-order valence-electron chi connectivity index (χ2n) is 1.84. The lowest BCUT2D eigenvalue weighted by Crippen LogP contribution is -2.26. The molecule has 0 aliphatic heterocycles. The molecule has 1 heterocycles. The topological polar surface area (TPSA) is 133 Å². The summed E-state index contributed by atoms with van der Waals surface area (Å²) in [7, 11) is 0. The molecule has 12 heavy (non-hydrogen) atoms. The fourth-order valence-corrected chi connectivity index (χ4v) is 0.520. The lowest BCUT2D eigenvalue weighted by Gasteiger charge is -1.92. The first-order valence-electron chi connectivity index (χ1n) is 2.97. The molecule has 8 nitrogen and oxygen atoms in total. The molecule has 1 aromatic heterocycles. The highest BCUT2D eigenvalue weighted by Crippen LogP contribution is 1.80. The van der Waals surface area contributed by atoms with E-state index in [-0.39, 0.29) is 11.9 Å². The van der Waals surface area contributed by atoms with Gasteiger partial charge in [-0.15, -0.1) is 15.3 Å². The van der Waals surface area contributed by atoms with Crippen LogP contribution >= 0.6 is 0 Å². The molecule has 0 fully saturated rings. The summed E-state index contributed by atoms with van der Waals surface area (Å²) in [6, 6.07) is 0. The van der Waals surface area contributed by atoms with E-state index in [4.69, 9.17) is 17.2 Å². The van der Waals surface area contributed by atoms with E-state index in [1.165, 1.54) is 17.3 Å². The van der Waals surface area contributed by atoms with Crippen molar-refractivity contribution in [1.82, 2.24) is 14.9 Å². The molecule has 64 valence electrons. The van der Waals surface area contributed by atoms with Crippen LogP contribution in [0, 0.1) is 0 Å². The molecule has 6 N–H and O–H groups in total. The summed E-state index contributed by atoms with van der Waals surface area (Å²) in [5, 5.41) is 10.7. The number of aliphatic imine (C=N–C) groups is 1. The third kappa shape index (κ3) is 2.25. The van der Waals surface area contributed by atoms with Crippen LogP contribution < -0.4 is 17.2 Å². The summed E-state index contributed by atoms with van der Waals surface area (Å²) >= 11 is 0. The predicted molar refractivity (Wildman–Crippen MR) is 42.9 cm³/mol. The van der Waals surface area contributed by atoms with Crippen molar-refractivity contribution in [3.63, 3.8) is 0 Å². The number of rotatable bonds is 1. The van der Waals surface area contributed by atoms with Crippen molar-refractivity contribution in [3.8, 4) is 0 Å². The third-order valence-corrected chi connectivity index (χ3v) is 0.868. The molecule has 0 aliphatic carbocycles. The lowest BCUT2D eigenvalue weighted by atomic mass is 10.9. The number of nitrogens with zero attached hydrogens (tertiary/aromatic N) is 5. The zero-order valence-electron chi connectivity index (χ0n) is 6.12. The summed E-state index contributed by atoms with van der Waals surface area (Å²) in [5.41, 5.74) is 15.4. The first-order valence-corrected chi connectivity index (χ1v) is 2.97. The van der Waals surface area contributed by atoms with Gasteiger partial charge in [0.05, 0.1) is 0 Å². The molecule has 0 aromatic carbocycles. The molecule has 0 saturated heterocycles. The fourth-order valence-electron chi connectivity index (χ4n) is 0.520. The number of aromatic nitrogens is 3. The average Bonchev–Trinajstić information content (AvgIpc) is 2.37. The summed E-state index contributed by atoms with van der Waals surface area (Å²) < 4.78 is 1.28. The Labute approximate surface area is 67.8 Å². The molecule has 0 radical (unpaired) electrons. The van der Waals surface area contributed by atoms with Gasteiger partial charge < -0.3 is 17.2 Å². The van der Waals surface area contributed by atoms with Gasteiger partial charge in [0.15, 0.2) is 5.96 Å². The number of nitrogens with two attached hydrogens (primary N) is 3. The number of hydrogen-bond acceptors (Lipinski definition) is 3. The van der Waals surface area contributed by atoms with E-state index in [9.17, 15) is 0 Å². The van der Waals surface area contributed by atoms with Gasteiger partial charge >= 0.3 is 0 Å². The van der Waals surface area contributed by atoms with Gasteiger partial charge in [0, 0.05) is 0 Å². The Morgan fingerprint density at radius 3 is 2.25 bits per heavy atom. The maximum absolute atomic E-state index is 5.29. The van der Waals surface area contributed by atoms with E-state index in [2.05, 4.69) is 20.3 Å². The molecule has 0 unspecified atom stereocenters. The molecule has 1 aromatic rings. The predicted octanol–water partition coefficient (Wildman–Crippen LogP) is -2.37. The first-order chi connectivity index (χ1) is 5.68. The van der Waals surface area contributed by atoms with Gasteiger partial charge in [0.25, 0.3) is 0 Å². The van der Waals surface area contributed by atoms with Crippen LogP contribution in [0.15, 0.2) is 22.7 Å². The van der Waals surface area contributed by atoms with Crippen LogP contribution in [0.4, 0.5) is 0 Å². The molecule has 0 atom stereocenters. The van der Waals surface area contributed by atoms with Gasteiger partial charge in [0.2, 0.25) is 5.96 Å². The smallest absolute Gasteiger partial charge is 0.241 e. The van der Waals surface area contributed by atoms with Crippen molar-refractivity contribution in [2.24, 2.45) is 27.3 Å².